The molecule has 3 aliphatic rings. The molecule has 3 atom stereocenters. The Hall–Kier alpha value is -2.81. The normalized spacial score (nSPS) is 24.1. The zero-order chi connectivity index (χ0) is 22.7. The number of rotatable bonds is 2. The van der Waals surface area contributed by atoms with Crippen molar-refractivity contribution in [2.24, 2.45) is 11.8 Å². The number of carbonyl (C=O) groups excluding carboxylic acids is 1. The summed E-state index contributed by atoms with van der Waals surface area (Å²) in [6.45, 7) is 3.69. The number of carbonyl (C=O) groups is 1. The first-order valence-corrected chi connectivity index (χ1v) is 11.8. The summed E-state index contributed by atoms with van der Waals surface area (Å²) in [5.41, 5.74) is 5.62. The first-order valence-electron chi connectivity index (χ1n) is 11.1. The van der Waals surface area contributed by atoms with Crippen molar-refractivity contribution in [2.45, 2.75) is 32.1 Å². The molecule has 6 heteroatoms. The molecule has 0 spiro atoms. The van der Waals surface area contributed by atoms with Crippen LogP contribution in [0.4, 0.5) is 0 Å². The summed E-state index contributed by atoms with van der Waals surface area (Å²) in [7, 11) is 0. The Morgan fingerprint density at radius 2 is 1.97 bits per heavy atom. The van der Waals surface area contributed by atoms with Crippen molar-refractivity contribution in [3.05, 3.63) is 65.1 Å². The summed E-state index contributed by atoms with van der Waals surface area (Å²) >= 11 is 4.64. The maximum absolute atomic E-state index is 12.6. The smallest absolute Gasteiger partial charge is 0.176 e. The van der Waals surface area contributed by atoms with Gasteiger partial charge >= 0.3 is 0 Å². The number of Topliss-reactive ketones (excluding diaryl/α,β-unsaturated/α-hetero) is 1. The van der Waals surface area contributed by atoms with E-state index >= 15 is 0 Å². The number of fused-ring (bicyclic) bond motifs is 3. The maximum Gasteiger partial charge on any atom is 0.176 e. The number of nitrogens with zero attached hydrogens (tertiary/aromatic N) is 3. The highest BCUT2D eigenvalue weighted by Crippen LogP contribution is 2.46. The fraction of sp³-hybridized carbons (Fsp3) is 0.385. The van der Waals surface area contributed by atoms with E-state index in [0.29, 0.717) is 0 Å². The molecule has 0 amide bonds. The number of alkyl halides is 1. The van der Waals surface area contributed by atoms with Crippen LogP contribution in [0.1, 0.15) is 42.8 Å². The Labute approximate surface area is 194 Å². The number of benzene rings is 1. The van der Waals surface area contributed by atoms with Gasteiger partial charge in [-0.05, 0) is 31.7 Å². The second kappa shape index (κ2) is 9.77. The van der Waals surface area contributed by atoms with Crippen molar-refractivity contribution in [2.75, 3.05) is 19.5 Å². The molecule has 1 aliphatic heterocycles. The molecule has 0 radical (unpaired) electrons. The van der Waals surface area contributed by atoms with E-state index in [2.05, 4.69) is 41.2 Å². The van der Waals surface area contributed by atoms with Crippen molar-refractivity contribution in [3.8, 4) is 17.3 Å². The minimum Gasteiger partial charge on any atom is -0.312 e. The van der Waals surface area contributed by atoms with Gasteiger partial charge in [-0.15, -0.1) is 11.6 Å². The van der Waals surface area contributed by atoms with Gasteiger partial charge in [0.2, 0.25) is 0 Å². The van der Waals surface area contributed by atoms with Gasteiger partial charge in [0.15, 0.2) is 11.6 Å². The van der Waals surface area contributed by atoms with E-state index in [1.165, 1.54) is 6.38 Å². The lowest BCUT2D eigenvalue weighted by atomic mass is 9.66. The summed E-state index contributed by atoms with van der Waals surface area (Å²) < 4.78 is 0. The van der Waals surface area contributed by atoms with Crippen molar-refractivity contribution < 1.29 is 4.79 Å². The van der Waals surface area contributed by atoms with Crippen LogP contribution in [0.15, 0.2) is 48.1 Å². The Morgan fingerprint density at radius 1 is 1.19 bits per heavy atom. The van der Waals surface area contributed by atoms with E-state index in [1.807, 2.05) is 31.2 Å². The van der Waals surface area contributed by atoms with Gasteiger partial charge in [0, 0.05) is 41.5 Å². The number of allylic oxidation sites excluding steroid dienone is 2. The van der Waals surface area contributed by atoms with Crippen LogP contribution in [0.3, 0.4) is 0 Å². The first-order chi connectivity index (χ1) is 15.7. The standard InChI is InChI=1S/C25H24N4O.CH3Cl/c1-15-19-9-10-20-22(16-6-3-2-4-7-16)28-25(17-8-5-11-27-14-17)29-23(20)21(19)12-18(13-26)24(15)30;1-2/h2-4,6-8,12,15,19,21,27H,5,9-11,14H2,1H3;1H3. The van der Waals surface area contributed by atoms with E-state index < -0.39 is 0 Å². The third kappa shape index (κ3) is 4.01. The molecule has 0 saturated carbocycles. The molecular formula is C26H27ClN4O. The van der Waals surface area contributed by atoms with Crippen LogP contribution in [-0.2, 0) is 11.2 Å². The number of ketones is 1. The predicted molar refractivity (Wildman–Crippen MR) is 127 cm³/mol. The van der Waals surface area contributed by atoms with E-state index in [4.69, 9.17) is 9.97 Å². The summed E-state index contributed by atoms with van der Waals surface area (Å²) in [5.74, 6) is 0.747. The minimum absolute atomic E-state index is 0.0162. The van der Waals surface area contributed by atoms with Gasteiger partial charge in [-0.3, -0.25) is 4.79 Å². The summed E-state index contributed by atoms with van der Waals surface area (Å²) in [6, 6.07) is 12.4. The molecule has 32 heavy (non-hydrogen) atoms. The number of hydrogen-bond acceptors (Lipinski definition) is 5. The fourth-order valence-electron chi connectivity index (χ4n) is 5.07. The van der Waals surface area contributed by atoms with Crippen molar-refractivity contribution in [1.82, 2.24) is 15.3 Å². The third-order valence-electron chi connectivity index (χ3n) is 6.69. The van der Waals surface area contributed by atoms with Gasteiger partial charge in [-0.1, -0.05) is 49.4 Å². The van der Waals surface area contributed by atoms with Gasteiger partial charge in [-0.25, -0.2) is 9.97 Å². The Kier molecular flexibility index (Phi) is 6.83. The molecule has 0 saturated heterocycles. The zero-order valence-corrected chi connectivity index (χ0v) is 19.2. The van der Waals surface area contributed by atoms with E-state index in [1.54, 1.807) is 0 Å². The van der Waals surface area contributed by atoms with Crippen LogP contribution in [0.2, 0.25) is 0 Å². The van der Waals surface area contributed by atoms with Gasteiger partial charge < -0.3 is 5.32 Å². The molecule has 1 aromatic heterocycles. The molecule has 1 N–H and O–H groups in total. The Morgan fingerprint density at radius 3 is 2.66 bits per heavy atom. The highest BCUT2D eigenvalue weighted by Gasteiger charge is 2.42. The molecule has 2 aliphatic carbocycles. The third-order valence-corrected chi connectivity index (χ3v) is 6.69. The van der Waals surface area contributed by atoms with Crippen LogP contribution in [0.5, 0.6) is 0 Å². The lowest BCUT2D eigenvalue weighted by Crippen LogP contribution is -2.35. The van der Waals surface area contributed by atoms with Crippen LogP contribution in [-0.4, -0.2) is 35.2 Å². The van der Waals surface area contributed by atoms with E-state index in [0.717, 1.165) is 66.3 Å². The van der Waals surface area contributed by atoms with Crippen molar-refractivity contribution >= 4 is 23.0 Å². The van der Waals surface area contributed by atoms with Gasteiger partial charge in [0.05, 0.1) is 17.0 Å². The molecule has 1 aromatic carbocycles. The van der Waals surface area contributed by atoms with Gasteiger partial charge in [0.1, 0.15) is 6.07 Å². The number of nitriles is 1. The topological polar surface area (TPSA) is 78.7 Å². The molecule has 3 unspecified atom stereocenters. The molecule has 0 fully saturated rings. The fourth-order valence-corrected chi connectivity index (χ4v) is 5.07. The summed E-state index contributed by atoms with van der Waals surface area (Å²) in [5, 5.41) is 12.9. The second-order valence-corrected chi connectivity index (χ2v) is 8.39. The number of nitrogens with one attached hydrogen (secondary N) is 1. The molecule has 164 valence electrons. The number of hydrogen-bond donors (Lipinski definition) is 1. The molecule has 2 aromatic rings. The van der Waals surface area contributed by atoms with Crippen LogP contribution >= 0.6 is 11.6 Å². The van der Waals surface area contributed by atoms with Gasteiger partial charge in [0.25, 0.3) is 0 Å². The number of halogens is 1. The summed E-state index contributed by atoms with van der Waals surface area (Å²) in [4.78, 5) is 22.7. The monoisotopic (exact) mass is 446 g/mol. The van der Waals surface area contributed by atoms with Crippen molar-refractivity contribution in [3.63, 3.8) is 0 Å². The Bertz CT molecular complexity index is 1120. The zero-order valence-electron chi connectivity index (χ0n) is 18.4. The second-order valence-electron chi connectivity index (χ2n) is 8.39. The minimum atomic E-state index is -0.156. The first kappa shape index (κ1) is 22.4. The quantitative estimate of drug-likeness (QED) is 0.677. The molecule has 2 heterocycles. The predicted octanol–water partition coefficient (Wildman–Crippen LogP) is 4.69. The number of aromatic nitrogens is 2. The Balaban J connectivity index is 0.00000119. The molecule has 5 rings (SSSR count). The molecule has 5 nitrogen and oxygen atoms in total. The average molecular weight is 447 g/mol. The highest BCUT2D eigenvalue weighted by atomic mass is 35.5. The average Bonchev–Trinajstić information content (AvgIpc) is 2.87. The van der Waals surface area contributed by atoms with E-state index in [-0.39, 0.29) is 29.1 Å². The highest BCUT2D eigenvalue weighted by molar-refractivity contribution is 6.15. The van der Waals surface area contributed by atoms with E-state index in [9.17, 15) is 10.1 Å². The largest absolute Gasteiger partial charge is 0.312 e. The summed E-state index contributed by atoms with van der Waals surface area (Å²) in [6.07, 6.45) is 8.28. The van der Waals surface area contributed by atoms with Gasteiger partial charge in [-0.2, -0.15) is 5.26 Å². The lowest BCUT2D eigenvalue weighted by Gasteiger charge is -2.38. The molecule has 0 bridgehead atoms. The van der Waals surface area contributed by atoms with Crippen LogP contribution in [0.25, 0.3) is 16.8 Å². The molecular weight excluding hydrogens is 420 g/mol. The SMILES string of the molecule is CC1C(=O)C(C#N)=CC2c3nc(C4=CCCNC4)nc(-c4ccccc4)c3CCC12.CCl. The maximum atomic E-state index is 12.6. The van der Waals surface area contributed by atoms with Crippen LogP contribution < -0.4 is 5.32 Å². The van der Waals surface area contributed by atoms with Crippen LogP contribution in [0, 0.1) is 23.2 Å². The lowest BCUT2D eigenvalue weighted by molar-refractivity contribution is -0.120. The van der Waals surface area contributed by atoms with Crippen molar-refractivity contribution in [1.29, 1.82) is 5.26 Å².